The molecule has 1 aliphatic heterocycles. The zero-order valence-electron chi connectivity index (χ0n) is 14.9. The molecule has 3 heterocycles. The van der Waals surface area contributed by atoms with E-state index in [4.69, 9.17) is 16.6 Å². The van der Waals surface area contributed by atoms with Crippen LogP contribution in [0.1, 0.15) is 46.2 Å². The molecular weight excluding hydrogens is 358 g/mol. The molecule has 2 aromatic heterocycles. The lowest BCUT2D eigenvalue weighted by Crippen LogP contribution is -2.31. The fourth-order valence-electron chi connectivity index (χ4n) is 3.57. The molecule has 1 amide bonds. The zero-order chi connectivity index (χ0) is 18.6. The van der Waals surface area contributed by atoms with Crippen LogP contribution in [0, 0.1) is 0 Å². The molecule has 0 radical (unpaired) electrons. The number of amides is 1. The Hall–Kier alpha value is -2.72. The van der Waals surface area contributed by atoms with Crippen LogP contribution in [0.5, 0.6) is 0 Å². The normalized spacial score (nSPS) is 16.5. The standard InChI is InChI=1S/C22H20ClN3O/c23-18-10-8-16(9-11-18)14-19-5-1-6-20(25-19)21-7-3-13-26(21)22(27)17-4-2-12-24-15-17/h1-2,4-6,8-12,15,21H,3,7,13-14H2/t21-/m1/s1. The largest absolute Gasteiger partial charge is 0.330 e. The average molecular weight is 378 g/mol. The maximum atomic E-state index is 12.9. The van der Waals surface area contributed by atoms with Crippen LogP contribution < -0.4 is 0 Å². The van der Waals surface area contributed by atoms with Gasteiger partial charge < -0.3 is 4.90 Å². The smallest absolute Gasteiger partial charge is 0.255 e. The molecule has 3 aromatic rings. The molecule has 1 aliphatic rings. The van der Waals surface area contributed by atoms with Crippen molar-refractivity contribution in [3.05, 3.63) is 94.5 Å². The lowest BCUT2D eigenvalue weighted by atomic mass is 10.1. The summed E-state index contributed by atoms with van der Waals surface area (Å²) in [7, 11) is 0. The van der Waals surface area contributed by atoms with Gasteiger partial charge >= 0.3 is 0 Å². The van der Waals surface area contributed by atoms with E-state index in [1.54, 1.807) is 18.5 Å². The first-order chi connectivity index (χ1) is 13.2. The third kappa shape index (κ3) is 4.01. The molecule has 0 aliphatic carbocycles. The second kappa shape index (κ2) is 7.89. The van der Waals surface area contributed by atoms with E-state index in [0.29, 0.717) is 5.56 Å². The van der Waals surface area contributed by atoms with Crippen LogP contribution in [0.3, 0.4) is 0 Å². The maximum absolute atomic E-state index is 12.9. The summed E-state index contributed by atoms with van der Waals surface area (Å²) >= 11 is 5.96. The number of pyridine rings is 2. The van der Waals surface area contributed by atoms with Crippen LogP contribution in [-0.4, -0.2) is 27.3 Å². The van der Waals surface area contributed by atoms with Crippen molar-refractivity contribution >= 4 is 17.5 Å². The van der Waals surface area contributed by atoms with Crippen molar-refractivity contribution in [1.29, 1.82) is 0 Å². The predicted octanol–water partition coefficient (Wildman–Crippen LogP) is 4.70. The van der Waals surface area contributed by atoms with Gasteiger partial charge in [-0.25, -0.2) is 0 Å². The highest BCUT2D eigenvalue weighted by molar-refractivity contribution is 6.30. The molecular formula is C22H20ClN3O. The summed E-state index contributed by atoms with van der Waals surface area (Å²) in [6, 6.07) is 17.5. The first kappa shape index (κ1) is 17.7. The molecule has 0 unspecified atom stereocenters. The van der Waals surface area contributed by atoms with Crippen molar-refractivity contribution < 1.29 is 4.79 Å². The molecule has 1 aromatic carbocycles. The van der Waals surface area contributed by atoms with E-state index in [1.165, 1.54) is 5.56 Å². The lowest BCUT2D eigenvalue weighted by molar-refractivity contribution is 0.0732. The maximum Gasteiger partial charge on any atom is 0.255 e. The first-order valence-electron chi connectivity index (χ1n) is 9.12. The number of aromatic nitrogens is 2. The highest BCUT2D eigenvalue weighted by atomic mass is 35.5. The lowest BCUT2D eigenvalue weighted by Gasteiger charge is -2.24. The number of carbonyl (C=O) groups is 1. The van der Waals surface area contributed by atoms with Gasteiger partial charge in [0.25, 0.3) is 5.91 Å². The number of hydrogen-bond donors (Lipinski definition) is 0. The van der Waals surface area contributed by atoms with E-state index in [9.17, 15) is 4.79 Å². The van der Waals surface area contributed by atoms with Crippen LogP contribution in [0.15, 0.2) is 67.0 Å². The predicted molar refractivity (Wildman–Crippen MR) is 106 cm³/mol. The Morgan fingerprint density at radius 2 is 1.96 bits per heavy atom. The summed E-state index contributed by atoms with van der Waals surface area (Å²) in [4.78, 5) is 23.7. The highest BCUT2D eigenvalue weighted by Crippen LogP contribution is 2.32. The number of carbonyl (C=O) groups excluding carboxylic acids is 1. The second-order valence-corrected chi connectivity index (χ2v) is 7.19. The van der Waals surface area contributed by atoms with Crippen molar-refractivity contribution in [3.63, 3.8) is 0 Å². The number of likely N-dealkylation sites (tertiary alicyclic amines) is 1. The van der Waals surface area contributed by atoms with Gasteiger partial charge in [0.15, 0.2) is 0 Å². The van der Waals surface area contributed by atoms with Gasteiger partial charge in [-0.1, -0.05) is 29.8 Å². The molecule has 4 nitrogen and oxygen atoms in total. The van der Waals surface area contributed by atoms with E-state index in [1.807, 2.05) is 53.4 Å². The van der Waals surface area contributed by atoms with Crippen LogP contribution in [0.25, 0.3) is 0 Å². The molecule has 0 N–H and O–H groups in total. The second-order valence-electron chi connectivity index (χ2n) is 6.76. The number of nitrogens with zero attached hydrogens (tertiary/aromatic N) is 3. The summed E-state index contributed by atoms with van der Waals surface area (Å²) in [5.74, 6) is 0.0236. The van der Waals surface area contributed by atoms with Gasteiger partial charge in [-0.05, 0) is 54.8 Å². The summed E-state index contributed by atoms with van der Waals surface area (Å²) < 4.78 is 0. The topological polar surface area (TPSA) is 46.1 Å². The minimum atomic E-state index is 0.0165. The number of hydrogen-bond acceptors (Lipinski definition) is 3. The molecule has 1 atom stereocenters. The quantitative estimate of drug-likeness (QED) is 0.662. The van der Waals surface area contributed by atoms with E-state index in [-0.39, 0.29) is 11.9 Å². The number of rotatable bonds is 4. The van der Waals surface area contributed by atoms with Crippen LogP contribution in [-0.2, 0) is 6.42 Å². The van der Waals surface area contributed by atoms with Gasteiger partial charge in [-0.15, -0.1) is 0 Å². The molecule has 1 fully saturated rings. The Bertz CT molecular complexity index is 928. The Kier molecular flexibility index (Phi) is 5.16. The molecule has 0 saturated carbocycles. The summed E-state index contributed by atoms with van der Waals surface area (Å²) in [5, 5.41) is 0.732. The summed E-state index contributed by atoms with van der Waals surface area (Å²) in [6.07, 6.45) is 5.97. The van der Waals surface area contributed by atoms with Crippen molar-refractivity contribution in [2.24, 2.45) is 0 Å². The minimum Gasteiger partial charge on any atom is -0.330 e. The van der Waals surface area contributed by atoms with Crippen LogP contribution >= 0.6 is 11.6 Å². The molecule has 27 heavy (non-hydrogen) atoms. The van der Waals surface area contributed by atoms with Crippen molar-refractivity contribution in [3.8, 4) is 0 Å². The van der Waals surface area contributed by atoms with Gasteiger partial charge in [-0.3, -0.25) is 14.8 Å². The third-order valence-electron chi connectivity index (χ3n) is 4.89. The zero-order valence-corrected chi connectivity index (χ0v) is 15.6. The first-order valence-corrected chi connectivity index (χ1v) is 9.50. The minimum absolute atomic E-state index is 0.0165. The molecule has 136 valence electrons. The van der Waals surface area contributed by atoms with Gasteiger partial charge in [0.05, 0.1) is 17.3 Å². The van der Waals surface area contributed by atoms with E-state index < -0.39 is 0 Å². The van der Waals surface area contributed by atoms with Gasteiger partial charge in [0.1, 0.15) is 0 Å². The Morgan fingerprint density at radius 1 is 1.11 bits per heavy atom. The van der Waals surface area contributed by atoms with Gasteiger partial charge in [-0.2, -0.15) is 0 Å². The van der Waals surface area contributed by atoms with Crippen molar-refractivity contribution in [2.75, 3.05) is 6.54 Å². The van der Waals surface area contributed by atoms with Crippen molar-refractivity contribution in [1.82, 2.24) is 14.9 Å². The Morgan fingerprint density at radius 3 is 2.74 bits per heavy atom. The Labute approximate surface area is 163 Å². The van der Waals surface area contributed by atoms with Crippen molar-refractivity contribution in [2.45, 2.75) is 25.3 Å². The number of benzene rings is 1. The molecule has 1 saturated heterocycles. The van der Waals surface area contributed by atoms with Crippen LogP contribution in [0.4, 0.5) is 0 Å². The highest BCUT2D eigenvalue weighted by Gasteiger charge is 2.31. The SMILES string of the molecule is O=C(c1cccnc1)N1CCC[C@@H]1c1cccc(Cc2ccc(Cl)cc2)n1. The fraction of sp³-hybridized carbons (Fsp3) is 0.227. The fourth-order valence-corrected chi connectivity index (χ4v) is 3.69. The summed E-state index contributed by atoms with van der Waals surface area (Å²) in [5.41, 5.74) is 3.74. The van der Waals surface area contributed by atoms with E-state index in [0.717, 1.165) is 42.2 Å². The Balaban J connectivity index is 1.55. The van der Waals surface area contributed by atoms with Crippen LogP contribution in [0.2, 0.25) is 5.02 Å². The van der Waals surface area contributed by atoms with E-state index in [2.05, 4.69) is 4.98 Å². The molecule has 0 spiro atoms. The summed E-state index contributed by atoms with van der Waals surface area (Å²) in [6.45, 7) is 0.751. The number of halogens is 1. The average Bonchev–Trinajstić information content (AvgIpc) is 3.20. The van der Waals surface area contributed by atoms with Gasteiger partial charge in [0, 0.05) is 36.1 Å². The molecule has 5 heteroatoms. The molecule has 0 bridgehead atoms. The van der Waals surface area contributed by atoms with E-state index >= 15 is 0 Å². The molecule has 4 rings (SSSR count). The van der Waals surface area contributed by atoms with Gasteiger partial charge in [0.2, 0.25) is 0 Å². The third-order valence-corrected chi connectivity index (χ3v) is 5.14. The monoisotopic (exact) mass is 377 g/mol.